The summed E-state index contributed by atoms with van der Waals surface area (Å²) in [6.45, 7) is 3.09. The van der Waals surface area contributed by atoms with E-state index in [0.29, 0.717) is 18.1 Å². The van der Waals surface area contributed by atoms with Crippen molar-refractivity contribution in [2.24, 2.45) is 5.73 Å². The Balaban J connectivity index is 3.15. The maximum Gasteiger partial charge on any atom is 0.169 e. The van der Waals surface area contributed by atoms with Gasteiger partial charge in [-0.1, -0.05) is 0 Å². The lowest BCUT2D eigenvalue weighted by Crippen LogP contribution is -2.08. The summed E-state index contributed by atoms with van der Waals surface area (Å²) in [6, 6.07) is 0. The molecule has 11 heavy (non-hydrogen) atoms. The molecule has 0 bridgehead atoms. The van der Waals surface area contributed by atoms with Crippen LogP contribution >= 0.6 is 0 Å². The maximum absolute atomic E-state index is 5.60. The van der Waals surface area contributed by atoms with Gasteiger partial charge in [0.25, 0.3) is 0 Å². The van der Waals surface area contributed by atoms with Crippen molar-refractivity contribution in [3.05, 3.63) is 5.69 Å². The van der Waals surface area contributed by atoms with Gasteiger partial charge in [-0.25, -0.2) is 0 Å². The number of aromatic nitrogens is 2. The fourth-order valence-electron chi connectivity index (χ4n) is 1.01. The van der Waals surface area contributed by atoms with Gasteiger partial charge in [0.1, 0.15) is 0 Å². The van der Waals surface area contributed by atoms with E-state index in [2.05, 4.69) is 5.10 Å². The van der Waals surface area contributed by atoms with Crippen LogP contribution in [0, 0.1) is 0 Å². The van der Waals surface area contributed by atoms with E-state index in [1.54, 1.807) is 4.68 Å². The number of hydrogen-bond donors (Lipinski definition) is 3. The van der Waals surface area contributed by atoms with Crippen molar-refractivity contribution < 1.29 is 0 Å². The molecule has 0 fully saturated rings. The summed E-state index contributed by atoms with van der Waals surface area (Å²) in [6.07, 6.45) is 0. The van der Waals surface area contributed by atoms with Crippen molar-refractivity contribution in [1.82, 2.24) is 9.78 Å². The number of anilines is 2. The minimum atomic E-state index is 0.368. The van der Waals surface area contributed by atoms with Crippen LogP contribution in [0.4, 0.5) is 11.5 Å². The van der Waals surface area contributed by atoms with E-state index < -0.39 is 0 Å². The Kier molecular flexibility index (Phi) is 2.00. The highest BCUT2D eigenvalue weighted by Gasteiger charge is 2.09. The third-order valence-electron chi connectivity index (χ3n) is 1.62. The zero-order valence-corrected chi connectivity index (χ0v) is 6.54. The number of aryl methyl sites for hydroxylation is 1. The van der Waals surface area contributed by atoms with Gasteiger partial charge in [-0.3, -0.25) is 4.68 Å². The molecule has 0 amide bonds. The van der Waals surface area contributed by atoms with Crippen LogP contribution in [0.25, 0.3) is 0 Å². The Morgan fingerprint density at radius 2 is 2.09 bits per heavy atom. The standard InChI is InChI=1S/C6H13N5/c1-2-11-4(3-7)5(8)6(9)10-11/h2-3,7-8H2,1H3,(H2,9,10). The Bertz CT molecular complexity index is 252. The molecule has 1 rings (SSSR count). The van der Waals surface area contributed by atoms with Crippen molar-refractivity contribution in [2.45, 2.75) is 20.0 Å². The van der Waals surface area contributed by atoms with Gasteiger partial charge in [0, 0.05) is 13.1 Å². The van der Waals surface area contributed by atoms with E-state index in [4.69, 9.17) is 17.2 Å². The van der Waals surface area contributed by atoms with Crippen LogP contribution in [-0.2, 0) is 13.1 Å². The summed E-state index contributed by atoms with van der Waals surface area (Å²) in [5.74, 6) is 0.368. The largest absolute Gasteiger partial charge is 0.394 e. The lowest BCUT2D eigenvalue weighted by atomic mass is 10.3. The molecule has 5 nitrogen and oxygen atoms in total. The Morgan fingerprint density at radius 1 is 1.45 bits per heavy atom. The van der Waals surface area contributed by atoms with E-state index in [1.807, 2.05) is 6.92 Å². The molecule has 0 radical (unpaired) electrons. The van der Waals surface area contributed by atoms with Gasteiger partial charge < -0.3 is 17.2 Å². The molecule has 0 aliphatic rings. The van der Waals surface area contributed by atoms with Crippen LogP contribution in [-0.4, -0.2) is 9.78 Å². The van der Waals surface area contributed by atoms with Crippen LogP contribution < -0.4 is 17.2 Å². The molecule has 0 saturated heterocycles. The molecule has 1 aromatic rings. The molecule has 0 spiro atoms. The van der Waals surface area contributed by atoms with E-state index in [-0.39, 0.29) is 0 Å². The summed E-state index contributed by atoms with van der Waals surface area (Å²) < 4.78 is 1.71. The second kappa shape index (κ2) is 2.79. The van der Waals surface area contributed by atoms with E-state index >= 15 is 0 Å². The van der Waals surface area contributed by atoms with Gasteiger partial charge in [-0.15, -0.1) is 0 Å². The van der Waals surface area contributed by atoms with Gasteiger partial charge in [0.15, 0.2) is 5.82 Å². The first-order chi connectivity index (χ1) is 5.20. The molecule has 0 saturated carbocycles. The number of hydrogen-bond acceptors (Lipinski definition) is 4. The normalized spacial score (nSPS) is 10.4. The third-order valence-corrected chi connectivity index (χ3v) is 1.62. The summed E-state index contributed by atoms with van der Waals surface area (Å²) in [5.41, 5.74) is 17.8. The fraction of sp³-hybridized carbons (Fsp3) is 0.500. The summed E-state index contributed by atoms with van der Waals surface area (Å²) in [7, 11) is 0. The molecule has 0 aliphatic carbocycles. The second-order valence-corrected chi connectivity index (χ2v) is 2.27. The molecule has 0 aliphatic heterocycles. The lowest BCUT2D eigenvalue weighted by molar-refractivity contribution is 0.626. The molecule has 0 atom stereocenters. The number of rotatable bonds is 2. The molecular formula is C6H13N5. The minimum Gasteiger partial charge on any atom is -0.394 e. The SMILES string of the molecule is CCn1nc(N)c(N)c1CN. The predicted molar refractivity (Wildman–Crippen MR) is 44.6 cm³/mol. The van der Waals surface area contributed by atoms with Crippen LogP contribution in [0.1, 0.15) is 12.6 Å². The lowest BCUT2D eigenvalue weighted by Gasteiger charge is -2.00. The monoisotopic (exact) mass is 155 g/mol. The Hall–Kier alpha value is -1.23. The molecule has 1 heterocycles. The van der Waals surface area contributed by atoms with Crippen LogP contribution in [0.5, 0.6) is 0 Å². The van der Waals surface area contributed by atoms with Gasteiger partial charge in [-0.2, -0.15) is 5.10 Å². The van der Waals surface area contributed by atoms with Crippen molar-refractivity contribution in [1.29, 1.82) is 0 Å². The van der Waals surface area contributed by atoms with Crippen LogP contribution in [0.2, 0.25) is 0 Å². The zero-order chi connectivity index (χ0) is 8.43. The van der Waals surface area contributed by atoms with Gasteiger partial charge in [0.2, 0.25) is 0 Å². The van der Waals surface area contributed by atoms with Crippen molar-refractivity contribution in [3.63, 3.8) is 0 Å². The maximum atomic E-state index is 5.60. The zero-order valence-electron chi connectivity index (χ0n) is 6.54. The minimum absolute atomic E-state index is 0.368. The number of nitrogen functional groups attached to an aromatic ring is 2. The van der Waals surface area contributed by atoms with E-state index in [0.717, 1.165) is 12.2 Å². The molecule has 62 valence electrons. The first-order valence-electron chi connectivity index (χ1n) is 3.51. The highest BCUT2D eigenvalue weighted by atomic mass is 15.3. The van der Waals surface area contributed by atoms with Crippen molar-refractivity contribution >= 4 is 11.5 Å². The average molecular weight is 155 g/mol. The highest BCUT2D eigenvalue weighted by molar-refractivity contribution is 5.61. The molecule has 0 unspecified atom stereocenters. The van der Waals surface area contributed by atoms with Crippen molar-refractivity contribution in [3.8, 4) is 0 Å². The average Bonchev–Trinajstić information content (AvgIpc) is 2.28. The van der Waals surface area contributed by atoms with Gasteiger partial charge >= 0.3 is 0 Å². The van der Waals surface area contributed by atoms with Gasteiger partial charge in [-0.05, 0) is 6.92 Å². The first-order valence-corrected chi connectivity index (χ1v) is 3.51. The molecule has 5 heteroatoms. The highest BCUT2D eigenvalue weighted by Crippen LogP contribution is 2.17. The van der Waals surface area contributed by atoms with Crippen molar-refractivity contribution in [2.75, 3.05) is 11.5 Å². The Labute approximate surface area is 65.2 Å². The van der Waals surface area contributed by atoms with E-state index in [1.165, 1.54) is 0 Å². The van der Waals surface area contributed by atoms with E-state index in [9.17, 15) is 0 Å². The number of nitrogens with two attached hydrogens (primary N) is 3. The molecule has 0 aromatic carbocycles. The summed E-state index contributed by atoms with van der Waals surface area (Å²) in [4.78, 5) is 0. The summed E-state index contributed by atoms with van der Waals surface area (Å²) >= 11 is 0. The third kappa shape index (κ3) is 1.14. The molecule has 6 N–H and O–H groups in total. The number of nitrogens with zero attached hydrogens (tertiary/aromatic N) is 2. The first kappa shape index (κ1) is 7.87. The Morgan fingerprint density at radius 3 is 2.45 bits per heavy atom. The summed E-state index contributed by atoms with van der Waals surface area (Å²) in [5, 5.41) is 3.99. The predicted octanol–water partition coefficient (Wildman–Crippen LogP) is -0.474. The fourth-order valence-corrected chi connectivity index (χ4v) is 1.01. The molecule has 1 aromatic heterocycles. The second-order valence-electron chi connectivity index (χ2n) is 2.27. The van der Waals surface area contributed by atoms with Crippen LogP contribution in [0.15, 0.2) is 0 Å². The van der Waals surface area contributed by atoms with Crippen LogP contribution in [0.3, 0.4) is 0 Å². The van der Waals surface area contributed by atoms with Gasteiger partial charge in [0.05, 0.1) is 11.4 Å². The topological polar surface area (TPSA) is 95.9 Å². The smallest absolute Gasteiger partial charge is 0.169 e. The quantitative estimate of drug-likeness (QED) is 0.537. The molecular weight excluding hydrogens is 142 g/mol.